The molecule has 2 N–H and O–H groups in total. The number of nitrogens with one attached hydrogen (secondary N) is 1. The quantitative estimate of drug-likeness (QED) is 0.611. The number of hydrogen-bond acceptors (Lipinski definition) is 4. The number of amides is 2. The largest absolute Gasteiger partial charge is 0.481 e. The highest BCUT2D eigenvalue weighted by molar-refractivity contribution is 5.88. The Morgan fingerprint density at radius 3 is 2.37 bits per heavy atom. The van der Waals surface area contributed by atoms with Gasteiger partial charge < -0.3 is 20.1 Å². The predicted molar refractivity (Wildman–Crippen MR) is 131 cm³/mol. The van der Waals surface area contributed by atoms with Gasteiger partial charge in [-0.1, -0.05) is 68.3 Å². The normalized spacial score (nSPS) is 23.3. The SMILES string of the molecule is CCC[C@@H](NC(=O)OCC1c2ccccc2-c2ccccc21)C(=O)N1CCC2(C(=O)O)CCCC12. The smallest absolute Gasteiger partial charge is 0.407 e. The zero-order valence-electron chi connectivity index (χ0n) is 20.0. The number of carbonyl (C=O) groups is 3. The number of aliphatic carboxylic acids is 1. The van der Waals surface area contributed by atoms with Gasteiger partial charge in [0, 0.05) is 18.5 Å². The van der Waals surface area contributed by atoms with Gasteiger partial charge in [-0.25, -0.2) is 4.79 Å². The lowest BCUT2D eigenvalue weighted by Crippen LogP contribution is -2.52. The van der Waals surface area contributed by atoms with E-state index in [0.29, 0.717) is 38.6 Å². The van der Waals surface area contributed by atoms with Gasteiger partial charge in [0.05, 0.1) is 5.41 Å². The van der Waals surface area contributed by atoms with Gasteiger partial charge in [0.2, 0.25) is 5.91 Å². The van der Waals surface area contributed by atoms with Crippen LogP contribution in [0.15, 0.2) is 48.5 Å². The summed E-state index contributed by atoms with van der Waals surface area (Å²) in [6.45, 7) is 2.56. The highest BCUT2D eigenvalue weighted by atomic mass is 16.5. The Labute approximate surface area is 205 Å². The number of carboxylic acids is 1. The van der Waals surface area contributed by atoms with Gasteiger partial charge in [0.25, 0.3) is 0 Å². The van der Waals surface area contributed by atoms with Crippen molar-refractivity contribution in [3.05, 3.63) is 59.7 Å². The molecule has 0 radical (unpaired) electrons. The number of benzene rings is 2. The number of likely N-dealkylation sites (tertiary alicyclic amines) is 1. The fraction of sp³-hybridized carbons (Fsp3) is 0.464. The van der Waals surface area contributed by atoms with Crippen LogP contribution in [0.5, 0.6) is 0 Å². The Kier molecular flexibility index (Phi) is 6.26. The maximum atomic E-state index is 13.4. The standard InChI is InChI=1S/C28H32N2O5/c1-2-8-23(25(31)30-16-15-28(26(32)33)14-7-13-24(28)30)29-27(34)35-17-22-20-11-5-3-9-18(20)19-10-4-6-12-21(19)22/h3-6,9-12,22-24H,2,7-8,13-17H2,1H3,(H,29,34)(H,32,33)/t23-,24?,28?/m1/s1. The molecular formula is C28H32N2O5. The van der Waals surface area contributed by atoms with Crippen LogP contribution in [0, 0.1) is 5.41 Å². The molecule has 7 nitrogen and oxygen atoms in total. The molecule has 35 heavy (non-hydrogen) atoms. The molecule has 0 aromatic heterocycles. The number of carbonyl (C=O) groups excluding carboxylic acids is 2. The number of hydrogen-bond donors (Lipinski definition) is 2. The van der Waals surface area contributed by atoms with Gasteiger partial charge in [-0.2, -0.15) is 0 Å². The fourth-order valence-corrected chi connectivity index (χ4v) is 6.42. The summed E-state index contributed by atoms with van der Waals surface area (Å²) < 4.78 is 5.66. The van der Waals surface area contributed by atoms with Crippen molar-refractivity contribution in [2.24, 2.45) is 5.41 Å². The van der Waals surface area contributed by atoms with Crippen molar-refractivity contribution in [2.75, 3.05) is 13.2 Å². The molecule has 3 aliphatic rings. The second-order valence-electron chi connectivity index (χ2n) is 9.96. The van der Waals surface area contributed by atoms with Crippen LogP contribution < -0.4 is 5.32 Å². The van der Waals surface area contributed by atoms with Crippen LogP contribution in [0.3, 0.4) is 0 Å². The third-order valence-corrected chi connectivity index (χ3v) is 8.13. The predicted octanol–water partition coefficient (Wildman–Crippen LogP) is 4.55. The van der Waals surface area contributed by atoms with E-state index in [1.165, 1.54) is 0 Å². The molecule has 0 spiro atoms. The van der Waals surface area contributed by atoms with Crippen molar-refractivity contribution in [3.63, 3.8) is 0 Å². The summed E-state index contributed by atoms with van der Waals surface area (Å²) in [7, 11) is 0. The summed E-state index contributed by atoms with van der Waals surface area (Å²) in [4.78, 5) is 40.0. The first-order valence-electron chi connectivity index (χ1n) is 12.6. The van der Waals surface area contributed by atoms with E-state index in [-0.39, 0.29) is 24.5 Å². The molecule has 2 aromatic rings. The third kappa shape index (κ3) is 3.97. The molecule has 0 bridgehead atoms. The van der Waals surface area contributed by atoms with E-state index in [9.17, 15) is 19.5 Å². The molecular weight excluding hydrogens is 444 g/mol. The van der Waals surface area contributed by atoms with Crippen molar-refractivity contribution in [1.29, 1.82) is 0 Å². The van der Waals surface area contributed by atoms with Crippen LogP contribution in [-0.4, -0.2) is 53.2 Å². The number of alkyl carbamates (subject to hydrolysis) is 1. The molecule has 2 fully saturated rings. The average molecular weight is 477 g/mol. The fourth-order valence-electron chi connectivity index (χ4n) is 6.42. The number of nitrogens with zero attached hydrogens (tertiary/aromatic N) is 1. The summed E-state index contributed by atoms with van der Waals surface area (Å²) in [5.74, 6) is -1.07. The van der Waals surface area contributed by atoms with Gasteiger partial charge >= 0.3 is 12.1 Å². The van der Waals surface area contributed by atoms with Crippen molar-refractivity contribution < 1.29 is 24.2 Å². The van der Waals surface area contributed by atoms with Crippen LogP contribution in [0.2, 0.25) is 0 Å². The van der Waals surface area contributed by atoms with Gasteiger partial charge in [-0.3, -0.25) is 9.59 Å². The van der Waals surface area contributed by atoms with Gasteiger partial charge in [-0.15, -0.1) is 0 Å². The summed E-state index contributed by atoms with van der Waals surface area (Å²) in [6, 6.07) is 15.3. The minimum atomic E-state index is -0.837. The van der Waals surface area contributed by atoms with E-state index in [0.717, 1.165) is 28.7 Å². The van der Waals surface area contributed by atoms with Gasteiger partial charge in [-0.05, 0) is 47.9 Å². The lowest BCUT2D eigenvalue weighted by Gasteiger charge is -2.31. The van der Waals surface area contributed by atoms with Gasteiger partial charge in [0.15, 0.2) is 0 Å². The lowest BCUT2D eigenvalue weighted by atomic mass is 9.82. The summed E-state index contributed by atoms with van der Waals surface area (Å²) in [6.07, 6.45) is 3.15. The van der Waals surface area contributed by atoms with E-state index >= 15 is 0 Å². The van der Waals surface area contributed by atoms with Crippen molar-refractivity contribution in [3.8, 4) is 11.1 Å². The average Bonchev–Trinajstić information content (AvgIpc) is 3.53. The van der Waals surface area contributed by atoms with E-state index in [4.69, 9.17) is 4.74 Å². The molecule has 1 saturated carbocycles. The second kappa shape index (κ2) is 9.36. The Bertz CT molecular complexity index is 1100. The molecule has 2 aliphatic carbocycles. The second-order valence-corrected chi connectivity index (χ2v) is 9.96. The summed E-state index contributed by atoms with van der Waals surface area (Å²) in [5, 5.41) is 12.6. The van der Waals surface area contributed by atoms with Crippen LogP contribution in [-0.2, 0) is 14.3 Å². The van der Waals surface area contributed by atoms with E-state index in [2.05, 4.69) is 29.6 Å². The number of rotatable bonds is 7. The third-order valence-electron chi connectivity index (χ3n) is 8.13. The van der Waals surface area contributed by atoms with Crippen LogP contribution in [0.1, 0.15) is 62.5 Å². The summed E-state index contributed by atoms with van der Waals surface area (Å²) >= 11 is 0. The lowest BCUT2D eigenvalue weighted by molar-refractivity contribution is -0.150. The Hall–Kier alpha value is -3.35. The number of ether oxygens (including phenoxy) is 1. The van der Waals surface area contributed by atoms with E-state index in [1.54, 1.807) is 4.90 Å². The van der Waals surface area contributed by atoms with Gasteiger partial charge in [0.1, 0.15) is 12.6 Å². The molecule has 1 heterocycles. The maximum absolute atomic E-state index is 13.4. The van der Waals surface area contributed by atoms with Crippen LogP contribution in [0.25, 0.3) is 11.1 Å². The monoisotopic (exact) mass is 476 g/mol. The van der Waals surface area contributed by atoms with E-state index in [1.807, 2.05) is 31.2 Å². The zero-order chi connectivity index (χ0) is 24.6. The first kappa shape index (κ1) is 23.4. The highest BCUT2D eigenvalue weighted by Crippen LogP contribution is 2.49. The molecule has 7 heteroatoms. The molecule has 184 valence electrons. The first-order valence-corrected chi connectivity index (χ1v) is 12.6. The maximum Gasteiger partial charge on any atom is 0.407 e. The minimum Gasteiger partial charge on any atom is -0.481 e. The van der Waals surface area contributed by atoms with Crippen molar-refractivity contribution in [2.45, 2.75) is 63.5 Å². The highest BCUT2D eigenvalue weighted by Gasteiger charge is 2.57. The molecule has 3 atom stereocenters. The Morgan fingerprint density at radius 1 is 1.09 bits per heavy atom. The molecule has 1 saturated heterocycles. The first-order chi connectivity index (χ1) is 17.0. The molecule has 2 amide bonds. The van der Waals surface area contributed by atoms with Crippen LogP contribution >= 0.6 is 0 Å². The molecule has 5 rings (SSSR count). The van der Waals surface area contributed by atoms with Crippen molar-refractivity contribution in [1.82, 2.24) is 10.2 Å². The topological polar surface area (TPSA) is 95.9 Å². The number of carboxylic acid groups (broad SMARTS) is 1. The zero-order valence-corrected chi connectivity index (χ0v) is 20.0. The Morgan fingerprint density at radius 2 is 1.74 bits per heavy atom. The number of fused-ring (bicyclic) bond motifs is 4. The van der Waals surface area contributed by atoms with Crippen LogP contribution in [0.4, 0.5) is 4.79 Å². The summed E-state index contributed by atoms with van der Waals surface area (Å²) in [5.41, 5.74) is 3.74. The Balaban J connectivity index is 1.26. The molecule has 2 aromatic carbocycles. The van der Waals surface area contributed by atoms with Crippen molar-refractivity contribution >= 4 is 18.0 Å². The molecule has 2 unspecified atom stereocenters. The minimum absolute atomic E-state index is 0.0540. The van der Waals surface area contributed by atoms with E-state index < -0.39 is 23.5 Å². The molecule has 1 aliphatic heterocycles.